The average Bonchev–Trinajstić information content (AvgIpc) is 2.76. The Morgan fingerprint density at radius 1 is 1.45 bits per heavy atom. The first-order chi connectivity index (χ1) is 9.43. The number of carbonyl (C=O) groups is 2. The minimum atomic E-state index is -0.996. The molecule has 1 aromatic rings. The molecule has 0 spiro atoms. The molecule has 0 aliphatic heterocycles. The van der Waals surface area contributed by atoms with Gasteiger partial charge >= 0.3 is 12.0 Å². The summed E-state index contributed by atoms with van der Waals surface area (Å²) in [5.41, 5.74) is 0.466. The second kappa shape index (κ2) is 7.81. The van der Waals surface area contributed by atoms with E-state index in [1.165, 1.54) is 0 Å². The van der Waals surface area contributed by atoms with E-state index in [9.17, 15) is 9.59 Å². The second-order valence-electron chi connectivity index (χ2n) is 4.45. The highest BCUT2D eigenvalue weighted by molar-refractivity contribution is 7.13. The van der Waals surface area contributed by atoms with Gasteiger partial charge in [-0.2, -0.15) is 0 Å². The molecular weight excluding hydrogens is 282 g/mol. The third-order valence-electron chi connectivity index (χ3n) is 2.50. The number of aromatic carboxylic acids is 1. The number of carbonyl (C=O) groups excluding carboxylic acids is 1. The number of methoxy groups -OCH3 is 1. The van der Waals surface area contributed by atoms with Crippen LogP contribution in [0.15, 0.2) is 0 Å². The van der Waals surface area contributed by atoms with Gasteiger partial charge in [-0.15, -0.1) is 11.3 Å². The van der Waals surface area contributed by atoms with Crippen molar-refractivity contribution in [2.24, 2.45) is 5.92 Å². The van der Waals surface area contributed by atoms with E-state index < -0.39 is 5.97 Å². The predicted octanol–water partition coefficient (Wildman–Crippen LogP) is 1.23. The van der Waals surface area contributed by atoms with Gasteiger partial charge < -0.3 is 20.5 Å². The lowest BCUT2D eigenvalue weighted by atomic mass is 10.2. The summed E-state index contributed by atoms with van der Waals surface area (Å²) in [6.45, 7) is 4.90. The Morgan fingerprint density at radius 3 is 2.70 bits per heavy atom. The first-order valence-electron chi connectivity index (χ1n) is 6.14. The summed E-state index contributed by atoms with van der Waals surface area (Å²) in [4.78, 5) is 26.7. The van der Waals surface area contributed by atoms with Crippen LogP contribution in [0.3, 0.4) is 0 Å². The van der Waals surface area contributed by atoms with E-state index >= 15 is 0 Å². The van der Waals surface area contributed by atoms with E-state index in [0.29, 0.717) is 23.9 Å². The molecule has 1 rings (SSSR count). The number of ether oxygens (including phenoxy) is 1. The zero-order valence-corrected chi connectivity index (χ0v) is 12.5. The van der Waals surface area contributed by atoms with Crippen LogP contribution in [-0.4, -0.2) is 42.4 Å². The van der Waals surface area contributed by atoms with Crippen molar-refractivity contribution < 1.29 is 19.4 Å². The fourth-order valence-electron chi connectivity index (χ4n) is 1.56. The van der Waals surface area contributed by atoms with Gasteiger partial charge in [0.25, 0.3) is 0 Å². The lowest BCUT2D eigenvalue weighted by molar-refractivity contribution is 0.0701. The highest BCUT2D eigenvalue weighted by Crippen LogP contribution is 2.17. The molecule has 1 aromatic heterocycles. The largest absolute Gasteiger partial charge is 0.477 e. The molecule has 0 saturated carbocycles. The maximum Gasteiger partial charge on any atom is 0.347 e. The number of hydrogen-bond acceptors (Lipinski definition) is 5. The van der Waals surface area contributed by atoms with Crippen LogP contribution < -0.4 is 10.6 Å². The molecule has 0 aromatic carbocycles. The number of carboxylic acid groups (broad SMARTS) is 1. The third kappa shape index (κ3) is 5.14. The van der Waals surface area contributed by atoms with Crippen molar-refractivity contribution in [3.8, 4) is 0 Å². The fraction of sp³-hybridized carbons (Fsp3) is 0.583. The molecule has 0 aliphatic rings. The zero-order chi connectivity index (χ0) is 15.1. The van der Waals surface area contributed by atoms with Crippen LogP contribution in [0.25, 0.3) is 0 Å². The highest BCUT2D eigenvalue weighted by Gasteiger charge is 2.14. The van der Waals surface area contributed by atoms with Crippen molar-refractivity contribution in [2.45, 2.75) is 20.4 Å². The first-order valence-corrected chi connectivity index (χ1v) is 6.96. The van der Waals surface area contributed by atoms with Crippen molar-refractivity contribution in [2.75, 3.05) is 20.3 Å². The van der Waals surface area contributed by atoms with Crippen molar-refractivity contribution in [3.63, 3.8) is 0 Å². The van der Waals surface area contributed by atoms with Gasteiger partial charge in [0.15, 0.2) is 0 Å². The van der Waals surface area contributed by atoms with Crippen LogP contribution in [0.2, 0.25) is 0 Å². The lowest BCUT2D eigenvalue weighted by Crippen LogP contribution is -2.38. The summed E-state index contributed by atoms with van der Waals surface area (Å²) in [6, 6.07) is -0.308. The lowest BCUT2D eigenvalue weighted by Gasteiger charge is -2.11. The molecule has 1 heterocycles. The Bertz CT molecular complexity index is 475. The van der Waals surface area contributed by atoms with Gasteiger partial charge in [0.05, 0.1) is 18.8 Å². The Hall–Kier alpha value is -1.67. The smallest absolute Gasteiger partial charge is 0.347 e. The number of aromatic nitrogens is 1. The molecule has 0 bridgehead atoms. The van der Waals surface area contributed by atoms with E-state index in [-0.39, 0.29) is 23.4 Å². The average molecular weight is 301 g/mol. The first kappa shape index (κ1) is 16.4. The molecule has 0 radical (unpaired) electrons. The zero-order valence-electron chi connectivity index (χ0n) is 11.7. The fourth-order valence-corrected chi connectivity index (χ4v) is 2.40. The van der Waals surface area contributed by atoms with Crippen molar-refractivity contribution in [1.29, 1.82) is 0 Å². The molecule has 20 heavy (non-hydrogen) atoms. The molecule has 0 fully saturated rings. The Labute approximate surface area is 121 Å². The maximum absolute atomic E-state index is 11.5. The van der Waals surface area contributed by atoms with Gasteiger partial charge in [0.1, 0.15) is 9.88 Å². The van der Waals surface area contributed by atoms with E-state index in [1.807, 2.05) is 6.92 Å². The third-order valence-corrected chi connectivity index (χ3v) is 3.64. The molecule has 0 saturated heterocycles. The van der Waals surface area contributed by atoms with Crippen LogP contribution in [-0.2, 0) is 11.3 Å². The number of rotatable bonds is 7. The Balaban J connectivity index is 2.37. The Kier molecular flexibility index (Phi) is 6.40. The van der Waals surface area contributed by atoms with E-state index in [0.717, 1.165) is 11.3 Å². The monoisotopic (exact) mass is 301 g/mol. The van der Waals surface area contributed by atoms with Gasteiger partial charge in [0, 0.05) is 13.7 Å². The topological polar surface area (TPSA) is 101 Å². The van der Waals surface area contributed by atoms with Crippen LogP contribution in [0.5, 0.6) is 0 Å². The van der Waals surface area contributed by atoms with Crippen LogP contribution in [0.4, 0.5) is 4.79 Å². The van der Waals surface area contributed by atoms with E-state index in [4.69, 9.17) is 9.84 Å². The van der Waals surface area contributed by atoms with Crippen molar-refractivity contribution >= 4 is 23.3 Å². The molecule has 0 aliphatic carbocycles. The number of amides is 2. The number of nitrogens with zero attached hydrogens (tertiary/aromatic N) is 1. The quantitative estimate of drug-likeness (QED) is 0.703. The van der Waals surface area contributed by atoms with Gasteiger partial charge in [0.2, 0.25) is 0 Å². The molecule has 3 N–H and O–H groups in total. The van der Waals surface area contributed by atoms with Gasteiger partial charge in [-0.05, 0) is 12.8 Å². The van der Waals surface area contributed by atoms with Crippen LogP contribution >= 0.6 is 11.3 Å². The molecule has 8 heteroatoms. The number of urea groups is 1. The normalized spacial score (nSPS) is 11.9. The molecule has 112 valence electrons. The summed E-state index contributed by atoms with van der Waals surface area (Å²) < 4.78 is 4.97. The number of thiazole rings is 1. The molecule has 1 atom stereocenters. The standard InChI is InChI=1S/C12H19N3O4S/c1-7(6-19-3)4-13-12(18)14-5-9-15-8(2)10(20-9)11(16)17/h7H,4-6H2,1-3H3,(H,16,17)(H2,13,14,18). The minimum absolute atomic E-state index is 0.205. The number of aryl methyl sites for hydroxylation is 1. The van der Waals surface area contributed by atoms with E-state index in [2.05, 4.69) is 15.6 Å². The number of nitrogens with one attached hydrogen (secondary N) is 2. The van der Waals surface area contributed by atoms with E-state index in [1.54, 1.807) is 14.0 Å². The summed E-state index contributed by atoms with van der Waals surface area (Å²) in [6.07, 6.45) is 0. The van der Waals surface area contributed by atoms with Gasteiger partial charge in [-0.3, -0.25) is 0 Å². The molecule has 1 unspecified atom stereocenters. The summed E-state index contributed by atoms with van der Waals surface area (Å²) in [7, 11) is 1.61. The molecule has 7 nitrogen and oxygen atoms in total. The second-order valence-corrected chi connectivity index (χ2v) is 5.54. The highest BCUT2D eigenvalue weighted by atomic mass is 32.1. The van der Waals surface area contributed by atoms with Crippen LogP contribution in [0, 0.1) is 12.8 Å². The number of carboxylic acids is 1. The van der Waals surface area contributed by atoms with Crippen molar-refractivity contribution in [1.82, 2.24) is 15.6 Å². The van der Waals surface area contributed by atoms with Gasteiger partial charge in [-0.1, -0.05) is 6.92 Å². The Morgan fingerprint density at radius 2 is 2.15 bits per heavy atom. The number of hydrogen-bond donors (Lipinski definition) is 3. The summed E-state index contributed by atoms with van der Waals surface area (Å²) in [5, 5.41) is 14.8. The molecular formula is C12H19N3O4S. The van der Waals surface area contributed by atoms with Crippen molar-refractivity contribution in [3.05, 3.63) is 15.6 Å². The summed E-state index contributed by atoms with van der Waals surface area (Å²) >= 11 is 1.07. The van der Waals surface area contributed by atoms with Gasteiger partial charge in [-0.25, -0.2) is 14.6 Å². The minimum Gasteiger partial charge on any atom is -0.477 e. The predicted molar refractivity (Wildman–Crippen MR) is 75.1 cm³/mol. The van der Waals surface area contributed by atoms with Crippen LogP contribution in [0.1, 0.15) is 27.3 Å². The maximum atomic E-state index is 11.5. The SMILES string of the molecule is COCC(C)CNC(=O)NCc1nc(C)c(C(=O)O)s1. The molecule has 2 amide bonds. The summed E-state index contributed by atoms with van der Waals surface area (Å²) in [5.74, 6) is -0.768.